The van der Waals surface area contributed by atoms with Crippen LogP contribution in [0.2, 0.25) is 0 Å². The highest BCUT2D eigenvalue weighted by molar-refractivity contribution is 7.85. The number of nitrogens with zero attached hydrogens (tertiary/aromatic N) is 2. The van der Waals surface area contributed by atoms with Gasteiger partial charge in [-0.3, -0.25) is 4.21 Å². The van der Waals surface area contributed by atoms with E-state index in [0.717, 1.165) is 23.3 Å². The number of nitrogens with two attached hydrogens (primary N) is 1. The highest BCUT2D eigenvalue weighted by atomic mass is 32.2. The van der Waals surface area contributed by atoms with Crippen LogP contribution in [0.25, 0.3) is 17.0 Å². The lowest BCUT2D eigenvalue weighted by Crippen LogP contribution is -2.28. The first-order chi connectivity index (χ1) is 15.8. The van der Waals surface area contributed by atoms with E-state index in [4.69, 9.17) is 10.2 Å². The van der Waals surface area contributed by atoms with Crippen LogP contribution in [0.5, 0.6) is 0 Å². The summed E-state index contributed by atoms with van der Waals surface area (Å²) in [6, 6.07) is 16.4. The number of fused-ring (bicyclic) bond motifs is 1. The van der Waals surface area contributed by atoms with Crippen LogP contribution in [0.1, 0.15) is 37.8 Å². The van der Waals surface area contributed by atoms with Crippen molar-refractivity contribution in [2.45, 2.75) is 37.2 Å². The molecule has 1 aliphatic heterocycles. The molecule has 1 atom stereocenters. The fraction of sp³-hybridized carbons (Fsp3) is 0.280. The summed E-state index contributed by atoms with van der Waals surface area (Å²) >= 11 is 0. The van der Waals surface area contributed by atoms with Gasteiger partial charge in [-0.05, 0) is 51.4 Å². The number of furan rings is 1. The lowest BCUT2D eigenvalue weighted by molar-refractivity contribution is 0.0745. The van der Waals surface area contributed by atoms with E-state index in [9.17, 15) is 9.32 Å². The zero-order valence-corrected chi connectivity index (χ0v) is 19.3. The molecule has 1 aliphatic rings. The fourth-order valence-electron chi connectivity index (χ4n) is 3.59. The Morgan fingerprint density at radius 3 is 2.67 bits per heavy atom. The number of hydrogen-bond donors (Lipinski definition) is 2. The summed E-state index contributed by atoms with van der Waals surface area (Å²) in [4.78, 5) is 4.88. The Morgan fingerprint density at radius 2 is 1.97 bits per heavy atom. The van der Waals surface area contributed by atoms with Gasteiger partial charge >= 0.3 is 6.01 Å². The summed E-state index contributed by atoms with van der Waals surface area (Å²) in [7, 11) is -1.08. The van der Waals surface area contributed by atoms with Gasteiger partial charge in [0.05, 0.1) is 28.0 Å². The summed E-state index contributed by atoms with van der Waals surface area (Å²) in [6.07, 6.45) is 1.67. The van der Waals surface area contributed by atoms with E-state index in [0.29, 0.717) is 28.8 Å². The van der Waals surface area contributed by atoms with Crippen LogP contribution in [0, 0.1) is 5.82 Å². The van der Waals surface area contributed by atoms with Crippen molar-refractivity contribution in [3.05, 3.63) is 76.2 Å². The van der Waals surface area contributed by atoms with Gasteiger partial charge in [0.1, 0.15) is 11.6 Å². The predicted octanol–water partition coefficient (Wildman–Crippen LogP) is 2.19. The topological polar surface area (TPSA) is 103 Å². The Balaban J connectivity index is 1.72. The third-order valence-electron chi connectivity index (χ3n) is 5.36. The largest absolute Gasteiger partial charge is 0.446 e. The third kappa shape index (κ3) is 4.81. The second-order valence-corrected chi connectivity index (χ2v) is 9.86. The molecule has 0 fully saturated rings. The Bertz CT molecular complexity index is 1410. The third-order valence-corrected chi connectivity index (χ3v) is 6.82. The molecule has 0 bridgehead atoms. The van der Waals surface area contributed by atoms with E-state index < -0.39 is 22.2 Å². The average molecular weight is 467 g/mol. The van der Waals surface area contributed by atoms with Crippen molar-refractivity contribution in [3.8, 4) is 11.3 Å². The van der Waals surface area contributed by atoms with Gasteiger partial charge < -0.3 is 15.3 Å². The van der Waals surface area contributed by atoms with Gasteiger partial charge in [-0.25, -0.2) is 4.39 Å². The maximum absolute atomic E-state index is 15.2. The van der Waals surface area contributed by atoms with E-state index in [1.165, 1.54) is 19.9 Å². The van der Waals surface area contributed by atoms with Crippen LogP contribution in [0.4, 0.5) is 4.39 Å². The number of hydrogen-bond acceptors (Lipinski definition) is 5. The monoisotopic (exact) mass is 466 g/mol. The Labute approximate surface area is 193 Å². The number of benzene rings is 2. The van der Waals surface area contributed by atoms with Gasteiger partial charge in [0.2, 0.25) is 11.1 Å². The Kier molecular flexibility index (Phi) is 6.56. The first-order valence-electron chi connectivity index (χ1n) is 10.7. The van der Waals surface area contributed by atoms with Gasteiger partial charge in [-0.2, -0.15) is 0 Å². The molecule has 3 N–H and O–H groups in total. The molecule has 2 aromatic carbocycles. The van der Waals surface area contributed by atoms with Crippen molar-refractivity contribution >= 4 is 22.5 Å². The van der Waals surface area contributed by atoms with E-state index >= 15 is 4.39 Å². The molecule has 8 heteroatoms. The normalized spacial score (nSPS) is 13.7. The lowest BCUT2D eigenvalue weighted by Gasteiger charge is -2.19. The minimum atomic E-state index is -1.35. The van der Waals surface area contributed by atoms with Crippen molar-refractivity contribution in [1.29, 1.82) is 0 Å². The van der Waals surface area contributed by atoms with Gasteiger partial charge in [-0.15, -0.1) is 4.67 Å². The quantitative estimate of drug-likeness (QED) is 0.392. The summed E-state index contributed by atoms with van der Waals surface area (Å²) in [5.41, 5.74) is 5.86. The summed E-state index contributed by atoms with van der Waals surface area (Å²) in [5.74, 6) is 0.531. The number of rotatable bonds is 8. The van der Waals surface area contributed by atoms with E-state index in [2.05, 4.69) is 15.7 Å². The van der Waals surface area contributed by atoms with Crippen LogP contribution in [0.15, 0.2) is 62.8 Å². The molecular formula is C25H25FN3O3S+. The molecule has 6 nitrogen and oxygen atoms in total. The molecule has 3 aromatic rings. The molecule has 0 aliphatic carbocycles. The van der Waals surface area contributed by atoms with Crippen molar-refractivity contribution < 1.29 is 18.1 Å². The molecule has 0 amide bonds. The molecule has 0 spiro atoms. The predicted molar refractivity (Wildman–Crippen MR) is 126 cm³/mol. The smallest absolute Gasteiger partial charge is 0.430 e. The minimum Gasteiger partial charge on any atom is -0.446 e. The van der Waals surface area contributed by atoms with Crippen molar-refractivity contribution in [1.82, 2.24) is 4.67 Å². The zero-order chi connectivity index (χ0) is 23.6. The molecule has 0 saturated carbocycles. The molecular weight excluding hydrogens is 441 g/mol. The van der Waals surface area contributed by atoms with E-state index in [1.54, 1.807) is 18.2 Å². The summed E-state index contributed by atoms with van der Waals surface area (Å²) < 4.78 is 37.8. The zero-order valence-electron chi connectivity index (χ0n) is 18.5. The minimum absolute atomic E-state index is 0.161. The summed E-state index contributed by atoms with van der Waals surface area (Å²) in [6.45, 7) is 3.64. The Morgan fingerprint density at radius 1 is 1.21 bits per heavy atom. The number of unbranched alkanes of at least 4 members (excludes halogenated alkanes) is 1. The number of aliphatic hydroxyl groups is 1. The van der Waals surface area contributed by atoms with Crippen LogP contribution < -0.4 is 21.2 Å². The molecule has 170 valence electrons. The van der Waals surface area contributed by atoms with Crippen LogP contribution >= 0.6 is 0 Å². The molecule has 0 saturated heterocycles. The van der Waals surface area contributed by atoms with Crippen molar-refractivity contribution in [2.24, 2.45) is 10.7 Å². The van der Waals surface area contributed by atoms with E-state index in [-0.39, 0.29) is 16.8 Å². The average Bonchev–Trinajstić information content (AvgIpc) is 3.23. The maximum atomic E-state index is 15.2. The fourth-order valence-corrected chi connectivity index (χ4v) is 4.73. The molecule has 1 aromatic heterocycles. The second-order valence-electron chi connectivity index (χ2n) is 8.29. The van der Waals surface area contributed by atoms with Crippen molar-refractivity contribution in [3.63, 3.8) is 0 Å². The van der Waals surface area contributed by atoms with Crippen molar-refractivity contribution in [2.75, 3.05) is 12.3 Å². The van der Waals surface area contributed by atoms with E-state index in [1.807, 2.05) is 24.3 Å². The molecule has 0 radical (unpaired) electrons. The maximum Gasteiger partial charge on any atom is 0.430 e. The first kappa shape index (κ1) is 23.1. The summed E-state index contributed by atoms with van der Waals surface area (Å²) in [5, 5.41) is 10.8. The highest BCUT2D eigenvalue weighted by Crippen LogP contribution is 2.28. The van der Waals surface area contributed by atoms with Gasteiger partial charge in [0.25, 0.3) is 5.36 Å². The molecule has 33 heavy (non-hydrogen) atoms. The second kappa shape index (κ2) is 9.40. The van der Waals surface area contributed by atoms with Gasteiger partial charge in [-0.1, -0.05) is 24.3 Å². The lowest BCUT2D eigenvalue weighted by atomic mass is 9.94. The molecule has 1 unspecified atom stereocenters. The SMILES string of the molecule is CC(C)(O)c1cccc(C2=c3oc(-c4ccc(S(=O)CCCCN)cc4)cc3=[N+]=C=N2)c1F. The highest BCUT2D eigenvalue weighted by Gasteiger charge is 2.27. The van der Waals surface area contributed by atoms with Crippen LogP contribution in [-0.2, 0) is 16.4 Å². The van der Waals surface area contributed by atoms with Gasteiger partial charge in [0, 0.05) is 26.8 Å². The molecule has 4 rings (SSSR count). The molecule has 2 heterocycles. The Hall–Kier alpha value is -3.12. The van der Waals surface area contributed by atoms with Crippen LogP contribution in [0.3, 0.4) is 0 Å². The van der Waals surface area contributed by atoms with Crippen LogP contribution in [-0.4, -0.2) is 27.6 Å². The first-order valence-corrected chi connectivity index (χ1v) is 12.0. The number of aliphatic imine (C=N–C) groups is 1. The standard InChI is InChI=1S/C25H25FN3O3S/c1-25(2,30)19-7-5-6-18(22(19)26)23-24-20(28-15-29-23)14-21(32-24)16-8-10-17(11-9-16)33(31)13-4-3-12-27/h5-11,14,30H,3-4,12-13,27H2,1-2H3/q+1. The van der Waals surface area contributed by atoms with Gasteiger partial charge in [0.15, 0.2) is 0 Å². The number of halogens is 1.